The second kappa shape index (κ2) is 6.89. The Labute approximate surface area is 158 Å². The average Bonchev–Trinajstić information content (AvgIpc) is 3.47. The Morgan fingerprint density at radius 3 is 2.59 bits per heavy atom. The van der Waals surface area contributed by atoms with Crippen LogP contribution in [0.1, 0.15) is 36.6 Å². The van der Waals surface area contributed by atoms with Crippen LogP contribution in [-0.4, -0.2) is 65.6 Å². The van der Waals surface area contributed by atoms with Crippen LogP contribution in [0.4, 0.5) is 5.95 Å². The van der Waals surface area contributed by atoms with Crippen molar-refractivity contribution in [1.29, 1.82) is 0 Å². The Morgan fingerprint density at radius 2 is 1.85 bits per heavy atom. The third kappa shape index (κ3) is 3.24. The van der Waals surface area contributed by atoms with Gasteiger partial charge in [0, 0.05) is 32.1 Å². The Balaban J connectivity index is 1.43. The SMILES string of the molecule is O[C@]1(c2ccccc2)CCN(c2noc(C3CC3)n2)C[C@H]1N1CCOCC1. The van der Waals surface area contributed by atoms with E-state index >= 15 is 0 Å². The number of morpholine rings is 1. The summed E-state index contributed by atoms with van der Waals surface area (Å²) in [5, 5.41) is 16.0. The fourth-order valence-electron chi connectivity index (χ4n) is 4.33. The molecule has 0 amide bonds. The molecule has 5 rings (SSSR count). The maximum atomic E-state index is 11.7. The van der Waals surface area contributed by atoms with Crippen molar-refractivity contribution in [2.75, 3.05) is 44.3 Å². The Hall–Kier alpha value is -1.96. The highest BCUT2D eigenvalue weighted by molar-refractivity contribution is 5.35. The van der Waals surface area contributed by atoms with Crippen LogP contribution in [0.5, 0.6) is 0 Å². The summed E-state index contributed by atoms with van der Waals surface area (Å²) in [5.74, 6) is 1.87. The predicted molar refractivity (Wildman–Crippen MR) is 99.6 cm³/mol. The summed E-state index contributed by atoms with van der Waals surface area (Å²) in [6.07, 6.45) is 2.92. The van der Waals surface area contributed by atoms with Crippen LogP contribution in [-0.2, 0) is 10.3 Å². The van der Waals surface area contributed by atoms with E-state index in [1.54, 1.807) is 0 Å². The van der Waals surface area contributed by atoms with Crippen LogP contribution < -0.4 is 4.90 Å². The maximum Gasteiger partial charge on any atom is 0.266 e. The summed E-state index contributed by atoms with van der Waals surface area (Å²) in [5.41, 5.74) is 0.0888. The first kappa shape index (κ1) is 17.2. The Morgan fingerprint density at radius 1 is 1.07 bits per heavy atom. The zero-order chi connectivity index (χ0) is 18.3. The monoisotopic (exact) mass is 370 g/mol. The van der Waals surface area contributed by atoms with Gasteiger partial charge < -0.3 is 19.3 Å². The number of ether oxygens (including phenoxy) is 1. The molecular weight excluding hydrogens is 344 g/mol. The van der Waals surface area contributed by atoms with Gasteiger partial charge in [0.05, 0.1) is 19.3 Å². The number of benzene rings is 1. The van der Waals surface area contributed by atoms with Crippen molar-refractivity contribution in [2.45, 2.75) is 36.8 Å². The standard InChI is InChI=1S/C20H26N4O3/c25-20(16-4-2-1-3-5-16)8-9-24(14-17(20)23-10-12-26-13-11-23)19-21-18(27-22-19)15-6-7-15/h1-5,15,17,25H,6-14H2/t17-,20+/m1/s1. The summed E-state index contributed by atoms with van der Waals surface area (Å²) < 4.78 is 11.0. The lowest BCUT2D eigenvalue weighted by atomic mass is 9.79. The molecule has 1 aromatic carbocycles. The first-order valence-electron chi connectivity index (χ1n) is 9.92. The highest BCUT2D eigenvalue weighted by Crippen LogP contribution is 2.41. The van der Waals surface area contributed by atoms with Crippen LogP contribution >= 0.6 is 0 Å². The minimum absolute atomic E-state index is 0.0413. The zero-order valence-corrected chi connectivity index (χ0v) is 15.5. The van der Waals surface area contributed by atoms with Crippen molar-refractivity contribution in [3.05, 3.63) is 41.8 Å². The van der Waals surface area contributed by atoms with Gasteiger partial charge >= 0.3 is 0 Å². The van der Waals surface area contributed by atoms with E-state index in [2.05, 4.69) is 19.9 Å². The number of hydrogen-bond donors (Lipinski definition) is 1. The van der Waals surface area contributed by atoms with E-state index in [1.807, 2.05) is 30.3 Å². The van der Waals surface area contributed by atoms with Crippen molar-refractivity contribution < 1.29 is 14.4 Å². The smallest absolute Gasteiger partial charge is 0.266 e. The number of rotatable bonds is 4. The van der Waals surface area contributed by atoms with E-state index in [4.69, 9.17) is 9.26 Å². The van der Waals surface area contributed by atoms with Crippen LogP contribution in [0.25, 0.3) is 0 Å². The molecule has 3 aliphatic rings. The van der Waals surface area contributed by atoms with Gasteiger partial charge in [0.15, 0.2) is 0 Å². The molecule has 1 aromatic heterocycles. The topological polar surface area (TPSA) is 74.9 Å². The Bertz CT molecular complexity index is 773. The molecule has 0 unspecified atom stereocenters. The molecule has 144 valence electrons. The van der Waals surface area contributed by atoms with Gasteiger partial charge in [-0.2, -0.15) is 4.98 Å². The average molecular weight is 370 g/mol. The first-order valence-corrected chi connectivity index (χ1v) is 9.92. The van der Waals surface area contributed by atoms with Gasteiger partial charge in [-0.1, -0.05) is 30.3 Å². The van der Waals surface area contributed by atoms with E-state index in [1.165, 1.54) is 0 Å². The van der Waals surface area contributed by atoms with E-state index < -0.39 is 5.60 Å². The third-order valence-electron chi connectivity index (χ3n) is 6.11. The molecule has 7 nitrogen and oxygen atoms in total. The molecule has 0 radical (unpaired) electrons. The van der Waals surface area contributed by atoms with Gasteiger partial charge in [-0.25, -0.2) is 0 Å². The zero-order valence-electron chi connectivity index (χ0n) is 15.5. The van der Waals surface area contributed by atoms with Crippen LogP contribution in [0.3, 0.4) is 0 Å². The fourth-order valence-corrected chi connectivity index (χ4v) is 4.33. The quantitative estimate of drug-likeness (QED) is 0.879. The lowest BCUT2D eigenvalue weighted by molar-refractivity contribution is -0.0912. The number of aliphatic hydroxyl groups is 1. The van der Waals surface area contributed by atoms with E-state index in [-0.39, 0.29) is 6.04 Å². The number of anilines is 1. The largest absolute Gasteiger partial charge is 0.383 e. The molecule has 1 N–H and O–H groups in total. The van der Waals surface area contributed by atoms with E-state index in [9.17, 15) is 5.11 Å². The van der Waals surface area contributed by atoms with Crippen molar-refractivity contribution >= 4 is 5.95 Å². The van der Waals surface area contributed by atoms with Crippen molar-refractivity contribution in [3.8, 4) is 0 Å². The number of nitrogens with zero attached hydrogens (tertiary/aromatic N) is 4. The molecule has 2 aliphatic heterocycles. The van der Waals surface area contributed by atoms with E-state index in [0.29, 0.717) is 44.6 Å². The summed E-state index contributed by atoms with van der Waals surface area (Å²) in [7, 11) is 0. The molecule has 3 heterocycles. The molecule has 2 saturated heterocycles. The molecule has 27 heavy (non-hydrogen) atoms. The molecule has 0 bridgehead atoms. The highest BCUT2D eigenvalue weighted by Gasteiger charge is 2.47. The molecule has 1 aliphatic carbocycles. The molecule has 3 fully saturated rings. The second-order valence-electron chi connectivity index (χ2n) is 7.86. The number of piperidine rings is 1. The third-order valence-corrected chi connectivity index (χ3v) is 6.11. The van der Waals surface area contributed by atoms with E-state index in [0.717, 1.165) is 37.4 Å². The van der Waals surface area contributed by atoms with Crippen molar-refractivity contribution in [3.63, 3.8) is 0 Å². The van der Waals surface area contributed by atoms with Gasteiger partial charge in [0.25, 0.3) is 5.95 Å². The van der Waals surface area contributed by atoms with Gasteiger partial charge in [0.1, 0.15) is 5.60 Å². The molecular formula is C20H26N4O3. The fraction of sp³-hybridized carbons (Fsp3) is 0.600. The lowest BCUT2D eigenvalue weighted by Crippen LogP contribution is -2.62. The molecule has 2 atom stereocenters. The van der Waals surface area contributed by atoms with Crippen LogP contribution in [0.2, 0.25) is 0 Å². The summed E-state index contributed by atoms with van der Waals surface area (Å²) in [4.78, 5) is 9.13. The first-order chi connectivity index (χ1) is 13.2. The minimum Gasteiger partial charge on any atom is -0.383 e. The normalized spacial score (nSPS) is 29.8. The molecule has 7 heteroatoms. The van der Waals surface area contributed by atoms with Crippen LogP contribution in [0, 0.1) is 0 Å². The molecule has 2 aromatic rings. The molecule has 1 saturated carbocycles. The lowest BCUT2D eigenvalue weighted by Gasteiger charge is -2.50. The summed E-state index contributed by atoms with van der Waals surface area (Å²) in [6, 6.07) is 10.0. The number of aromatic nitrogens is 2. The van der Waals surface area contributed by atoms with Crippen molar-refractivity contribution in [2.24, 2.45) is 0 Å². The van der Waals surface area contributed by atoms with Gasteiger partial charge in [-0.05, 0) is 30.0 Å². The summed E-state index contributed by atoms with van der Waals surface area (Å²) in [6.45, 7) is 4.44. The maximum absolute atomic E-state index is 11.7. The van der Waals surface area contributed by atoms with Gasteiger partial charge in [-0.3, -0.25) is 4.90 Å². The second-order valence-corrected chi connectivity index (χ2v) is 7.86. The van der Waals surface area contributed by atoms with Gasteiger partial charge in [0.2, 0.25) is 5.89 Å². The van der Waals surface area contributed by atoms with Crippen molar-refractivity contribution in [1.82, 2.24) is 15.0 Å². The van der Waals surface area contributed by atoms with Gasteiger partial charge in [-0.15, -0.1) is 0 Å². The summed E-state index contributed by atoms with van der Waals surface area (Å²) >= 11 is 0. The Kier molecular flexibility index (Phi) is 4.38. The molecule has 0 spiro atoms. The minimum atomic E-state index is -0.891. The predicted octanol–water partition coefficient (Wildman–Crippen LogP) is 1.75. The van der Waals surface area contributed by atoms with Crippen LogP contribution in [0.15, 0.2) is 34.9 Å². The highest BCUT2D eigenvalue weighted by atomic mass is 16.5. The number of hydrogen-bond acceptors (Lipinski definition) is 7.